The van der Waals surface area contributed by atoms with Crippen molar-refractivity contribution in [1.82, 2.24) is 5.32 Å². The molecule has 1 unspecified atom stereocenters. The topological polar surface area (TPSA) is 12.0 Å². The Labute approximate surface area is 126 Å². The molecule has 1 atom stereocenters. The zero-order valence-electron chi connectivity index (χ0n) is 12.2. The lowest BCUT2D eigenvalue weighted by Gasteiger charge is -2.16. The molecule has 0 saturated heterocycles. The van der Waals surface area contributed by atoms with Gasteiger partial charge >= 0.3 is 0 Å². The molecule has 3 heteroatoms. The maximum atomic E-state index is 3.67. The van der Waals surface area contributed by atoms with Crippen LogP contribution >= 0.6 is 23.5 Å². The maximum absolute atomic E-state index is 3.67. The van der Waals surface area contributed by atoms with E-state index in [1.807, 2.05) is 23.5 Å². The molecule has 19 heavy (non-hydrogen) atoms. The van der Waals surface area contributed by atoms with Gasteiger partial charge in [0.2, 0.25) is 0 Å². The van der Waals surface area contributed by atoms with E-state index in [-0.39, 0.29) is 0 Å². The van der Waals surface area contributed by atoms with Crippen molar-refractivity contribution in [3.8, 4) is 0 Å². The van der Waals surface area contributed by atoms with Gasteiger partial charge in [-0.25, -0.2) is 0 Å². The summed E-state index contributed by atoms with van der Waals surface area (Å²) < 4.78 is 1.40. The molecule has 1 nitrogen and oxygen atoms in total. The van der Waals surface area contributed by atoms with Crippen molar-refractivity contribution in [2.24, 2.45) is 0 Å². The van der Waals surface area contributed by atoms with Gasteiger partial charge in [-0.15, -0.1) is 23.5 Å². The monoisotopic (exact) mass is 295 g/mol. The van der Waals surface area contributed by atoms with Gasteiger partial charge in [0.05, 0.1) is 0 Å². The van der Waals surface area contributed by atoms with Crippen LogP contribution in [0.3, 0.4) is 0 Å². The highest BCUT2D eigenvalue weighted by atomic mass is 32.2. The van der Waals surface area contributed by atoms with Crippen LogP contribution in [0, 0.1) is 0 Å². The summed E-state index contributed by atoms with van der Waals surface area (Å²) in [6.07, 6.45) is 10.4. The third-order valence-electron chi connectivity index (χ3n) is 3.02. The predicted octanol–water partition coefficient (Wildman–Crippen LogP) is 4.90. The Morgan fingerprint density at radius 2 is 1.89 bits per heavy atom. The second-order valence-corrected chi connectivity index (χ2v) is 6.46. The van der Waals surface area contributed by atoms with E-state index in [0.29, 0.717) is 6.04 Å². The van der Waals surface area contributed by atoms with Crippen molar-refractivity contribution in [2.75, 3.05) is 12.5 Å². The van der Waals surface area contributed by atoms with Crippen LogP contribution in [0.25, 0.3) is 0 Å². The SMILES string of the molecule is CCCCC(C=C(SC)SC)NCc1ccccc1. The normalized spacial score (nSPS) is 12.2. The summed E-state index contributed by atoms with van der Waals surface area (Å²) in [4.78, 5) is 0. The largest absolute Gasteiger partial charge is 0.306 e. The summed E-state index contributed by atoms with van der Waals surface area (Å²) >= 11 is 3.67. The van der Waals surface area contributed by atoms with Crippen molar-refractivity contribution < 1.29 is 0 Å². The first-order valence-electron chi connectivity index (χ1n) is 6.87. The molecule has 0 aliphatic carbocycles. The summed E-state index contributed by atoms with van der Waals surface area (Å²) in [6.45, 7) is 3.20. The summed E-state index contributed by atoms with van der Waals surface area (Å²) in [7, 11) is 0. The Morgan fingerprint density at radius 3 is 2.47 bits per heavy atom. The second-order valence-electron chi connectivity index (χ2n) is 4.51. The molecule has 0 saturated carbocycles. The quantitative estimate of drug-likeness (QED) is 0.695. The van der Waals surface area contributed by atoms with Crippen LogP contribution in [0.5, 0.6) is 0 Å². The lowest BCUT2D eigenvalue weighted by Crippen LogP contribution is -2.26. The van der Waals surface area contributed by atoms with E-state index in [4.69, 9.17) is 0 Å². The molecular formula is C16H25NS2. The fourth-order valence-electron chi connectivity index (χ4n) is 1.90. The molecule has 1 aromatic carbocycles. The van der Waals surface area contributed by atoms with Gasteiger partial charge < -0.3 is 5.32 Å². The number of nitrogens with one attached hydrogen (secondary N) is 1. The van der Waals surface area contributed by atoms with Gasteiger partial charge in [-0.3, -0.25) is 0 Å². The van der Waals surface area contributed by atoms with Gasteiger partial charge in [0.25, 0.3) is 0 Å². The Morgan fingerprint density at radius 1 is 1.21 bits per heavy atom. The van der Waals surface area contributed by atoms with Crippen molar-refractivity contribution in [3.63, 3.8) is 0 Å². The lowest BCUT2D eigenvalue weighted by atomic mass is 10.1. The third-order valence-corrected chi connectivity index (χ3v) is 5.10. The molecule has 0 bridgehead atoms. The van der Waals surface area contributed by atoms with Crippen LogP contribution in [0.4, 0.5) is 0 Å². The van der Waals surface area contributed by atoms with Gasteiger partial charge in [-0.1, -0.05) is 50.1 Å². The molecule has 1 rings (SSSR count). The van der Waals surface area contributed by atoms with Gasteiger partial charge in [0.1, 0.15) is 0 Å². The zero-order chi connectivity index (χ0) is 13.9. The van der Waals surface area contributed by atoms with Gasteiger partial charge in [-0.05, 0) is 30.6 Å². The second kappa shape index (κ2) is 10.4. The van der Waals surface area contributed by atoms with E-state index < -0.39 is 0 Å². The number of thioether (sulfide) groups is 2. The first kappa shape index (κ1) is 16.7. The van der Waals surface area contributed by atoms with Crippen LogP contribution < -0.4 is 5.32 Å². The molecule has 0 radical (unpaired) electrons. The third kappa shape index (κ3) is 7.09. The minimum atomic E-state index is 0.482. The molecule has 0 amide bonds. The van der Waals surface area contributed by atoms with Crippen LogP contribution in [0.15, 0.2) is 40.6 Å². The highest BCUT2D eigenvalue weighted by molar-refractivity contribution is 8.21. The number of benzene rings is 1. The zero-order valence-corrected chi connectivity index (χ0v) is 13.8. The Hall–Kier alpha value is -0.380. The van der Waals surface area contributed by atoms with E-state index in [9.17, 15) is 0 Å². The van der Waals surface area contributed by atoms with E-state index in [2.05, 4.69) is 61.2 Å². The van der Waals surface area contributed by atoms with Gasteiger partial charge in [0.15, 0.2) is 0 Å². The summed E-state index contributed by atoms with van der Waals surface area (Å²) in [5, 5.41) is 3.67. The average Bonchev–Trinajstić information content (AvgIpc) is 2.47. The number of hydrogen-bond donors (Lipinski definition) is 1. The number of rotatable bonds is 9. The number of hydrogen-bond acceptors (Lipinski definition) is 3. The summed E-state index contributed by atoms with van der Waals surface area (Å²) in [5.41, 5.74) is 1.35. The minimum Gasteiger partial charge on any atom is -0.306 e. The molecule has 0 aliphatic heterocycles. The Bertz CT molecular complexity index is 356. The highest BCUT2D eigenvalue weighted by Gasteiger charge is 2.06. The summed E-state index contributed by atoms with van der Waals surface area (Å²) in [5.74, 6) is 0. The fraction of sp³-hybridized carbons (Fsp3) is 0.500. The van der Waals surface area contributed by atoms with Crippen molar-refractivity contribution in [1.29, 1.82) is 0 Å². The first-order valence-corrected chi connectivity index (χ1v) is 9.32. The molecule has 1 N–H and O–H groups in total. The van der Waals surface area contributed by atoms with Crippen molar-refractivity contribution in [2.45, 2.75) is 38.8 Å². The first-order chi connectivity index (χ1) is 9.30. The molecule has 0 heterocycles. The summed E-state index contributed by atoms with van der Waals surface area (Å²) in [6, 6.07) is 11.1. The van der Waals surface area contributed by atoms with E-state index in [0.717, 1.165) is 6.54 Å². The average molecular weight is 296 g/mol. The molecule has 0 spiro atoms. The molecular weight excluding hydrogens is 270 g/mol. The molecule has 0 fully saturated rings. The van der Waals surface area contributed by atoms with E-state index in [1.165, 1.54) is 29.1 Å². The molecule has 1 aromatic rings. The number of unbranched alkanes of at least 4 members (excludes halogenated alkanes) is 1. The molecule has 0 aromatic heterocycles. The van der Waals surface area contributed by atoms with Gasteiger partial charge in [0, 0.05) is 16.8 Å². The standard InChI is InChI=1S/C16H25NS2/c1-4-5-11-15(12-16(18-2)19-3)17-13-14-9-7-6-8-10-14/h6-10,12,15,17H,4-5,11,13H2,1-3H3. The van der Waals surface area contributed by atoms with Crippen molar-refractivity contribution in [3.05, 3.63) is 46.2 Å². The van der Waals surface area contributed by atoms with Crippen LogP contribution in [-0.4, -0.2) is 18.6 Å². The Kier molecular flexibility index (Phi) is 9.14. The van der Waals surface area contributed by atoms with Gasteiger partial charge in [-0.2, -0.15) is 0 Å². The minimum absolute atomic E-state index is 0.482. The van der Waals surface area contributed by atoms with E-state index in [1.54, 1.807) is 0 Å². The Balaban J connectivity index is 2.56. The fourth-order valence-corrected chi connectivity index (χ4v) is 3.16. The highest BCUT2D eigenvalue weighted by Crippen LogP contribution is 2.24. The molecule has 106 valence electrons. The molecule has 0 aliphatic rings. The van der Waals surface area contributed by atoms with Crippen LogP contribution in [0.1, 0.15) is 31.7 Å². The van der Waals surface area contributed by atoms with Crippen LogP contribution in [-0.2, 0) is 6.54 Å². The van der Waals surface area contributed by atoms with Crippen molar-refractivity contribution >= 4 is 23.5 Å². The predicted molar refractivity (Wildman–Crippen MR) is 91.7 cm³/mol. The maximum Gasteiger partial charge on any atom is 0.0370 e. The van der Waals surface area contributed by atoms with Crippen LogP contribution in [0.2, 0.25) is 0 Å². The lowest BCUT2D eigenvalue weighted by molar-refractivity contribution is 0.533. The van der Waals surface area contributed by atoms with E-state index >= 15 is 0 Å². The smallest absolute Gasteiger partial charge is 0.0370 e.